The molecule has 52 heavy (non-hydrogen) atoms. The zero-order valence-corrected chi connectivity index (χ0v) is 30.6. The maximum absolute atomic E-state index is 15.0. The van der Waals surface area contributed by atoms with Gasteiger partial charge < -0.3 is 30.9 Å². The van der Waals surface area contributed by atoms with Gasteiger partial charge in [-0.05, 0) is 50.4 Å². The van der Waals surface area contributed by atoms with Gasteiger partial charge in [-0.15, -0.1) is 6.58 Å². The lowest BCUT2D eigenvalue weighted by atomic mass is 9.82. The van der Waals surface area contributed by atoms with Gasteiger partial charge in [0.25, 0.3) is 5.91 Å². The molecule has 0 radical (unpaired) electrons. The number of fused-ring (bicyclic) bond motifs is 2. The van der Waals surface area contributed by atoms with Crippen molar-refractivity contribution in [3.05, 3.63) is 36.9 Å². The van der Waals surface area contributed by atoms with Crippen molar-refractivity contribution in [3.8, 4) is 0 Å². The standard InChI is InChI=1S/C37H52N8O7/c1-6-23-18-37(23,34(51)52)42-30(47)26-19-36(44(7-2)32(49)25-14-11-17-45(25)36)21-43(26)33(50)28(35(3,4)5)41-31(48)27(22-12-9-8-10-13-22)40-29(46)24-20-38-15-16-39-24/h6,15-16,20,22-23,25-28H,1,7-14,17-19,21H2,2-5H3,(H,40,46)(H,41,48)(H,42,47)(H,51,52)/t23-,25+,26?,27+,28-,36?,37-/m1/s1. The zero-order valence-electron chi connectivity index (χ0n) is 30.6. The Morgan fingerprint density at radius 2 is 1.79 bits per heavy atom. The van der Waals surface area contributed by atoms with Crippen molar-refractivity contribution < 1.29 is 33.9 Å². The van der Waals surface area contributed by atoms with Crippen molar-refractivity contribution in [1.82, 2.24) is 40.6 Å². The highest BCUT2D eigenvalue weighted by atomic mass is 16.4. The van der Waals surface area contributed by atoms with Crippen molar-refractivity contribution >= 4 is 35.5 Å². The Bertz CT molecular complexity index is 1610. The predicted octanol–water partition coefficient (Wildman–Crippen LogP) is 1.46. The van der Waals surface area contributed by atoms with Crippen LogP contribution in [0.3, 0.4) is 0 Å². The number of carbonyl (C=O) groups is 6. The molecule has 6 rings (SSSR count). The Labute approximate surface area is 304 Å². The highest BCUT2D eigenvalue weighted by molar-refractivity contribution is 5.99. The molecule has 2 aliphatic carbocycles. The van der Waals surface area contributed by atoms with Crippen molar-refractivity contribution in [2.75, 3.05) is 19.6 Å². The first-order valence-electron chi connectivity index (χ1n) is 18.6. The van der Waals surface area contributed by atoms with Crippen molar-refractivity contribution in [2.45, 2.75) is 121 Å². The summed E-state index contributed by atoms with van der Waals surface area (Å²) in [4.78, 5) is 96.4. The van der Waals surface area contributed by atoms with Crippen LogP contribution < -0.4 is 16.0 Å². The van der Waals surface area contributed by atoms with Crippen LogP contribution in [0, 0.1) is 17.3 Å². The molecule has 2 unspecified atom stereocenters. The van der Waals surface area contributed by atoms with Gasteiger partial charge in [0.05, 0.1) is 18.8 Å². The molecular weight excluding hydrogens is 668 g/mol. The summed E-state index contributed by atoms with van der Waals surface area (Å²) in [7, 11) is 0. The lowest BCUT2D eigenvalue weighted by Crippen LogP contribution is -2.62. The highest BCUT2D eigenvalue weighted by Gasteiger charge is 2.66. The summed E-state index contributed by atoms with van der Waals surface area (Å²) in [6.45, 7) is 12.1. The van der Waals surface area contributed by atoms with Crippen molar-refractivity contribution in [3.63, 3.8) is 0 Å². The molecule has 15 heteroatoms. The van der Waals surface area contributed by atoms with Crippen LogP contribution >= 0.6 is 0 Å². The normalized spacial score (nSPS) is 30.1. The number of carbonyl (C=O) groups excluding carboxylic acids is 5. The van der Waals surface area contributed by atoms with Gasteiger partial charge in [-0.25, -0.2) is 9.78 Å². The molecule has 3 saturated heterocycles. The summed E-state index contributed by atoms with van der Waals surface area (Å²) in [6, 6.07) is -3.57. The molecule has 15 nitrogen and oxygen atoms in total. The lowest BCUT2D eigenvalue weighted by molar-refractivity contribution is -0.147. The minimum Gasteiger partial charge on any atom is -0.479 e. The molecule has 5 amide bonds. The van der Waals surface area contributed by atoms with E-state index in [4.69, 9.17) is 0 Å². The minimum absolute atomic E-state index is 0.0167. The molecule has 4 heterocycles. The van der Waals surface area contributed by atoms with E-state index in [1.54, 1.807) is 4.90 Å². The third-order valence-electron chi connectivity index (χ3n) is 12.0. The van der Waals surface area contributed by atoms with Gasteiger partial charge in [0.1, 0.15) is 35.0 Å². The third kappa shape index (κ3) is 6.56. The van der Waals surface area contributed by atoms with E-state index >= 15 is 4.79 Å². The molecule has 2 saturated carbocycles. The van der Waals surface area contributed by atoms with E-state index in [1.165, 1.54) is 29.6 Å². The molecular formula is C37H52N8O7. The third-order valence-corrected chi connectivity index (χ3v) is 12.0. The fourth-order valence-corrected chi connectivity index (χ4v) is 9.11. The number of hydrogen-bond acceptors (Lipinski definition) is 9. The number of likely N-dealkylation sites (tertiary alicyclic amines) is 1. The van der Waals surface area contributed by atoms with Crippen LogP contribution in [0.1, 0.15) is 96.0 Å². The summed E-state index contributed by atoms with van der Waals surface area (Å²) in [5.41, 5.74) is -3.28. The number of carboxylic acid groups (broad SMARTS) is 1. The first kappa shape index (κ1) is 37.4. The van der Waals surface area contributed by atoms with E-state index in [2.05, 4.69) is 37.4 Å². The van der Waals surface area contributed by atoms with Crippen molar-refractivity contribution in [1.29, 1.82) is 0 Å². The molecule has 0 bridgehead atoms. The lowest BCUT2D eigenvalue weighted by Gasteiger charge is -2.40. The number of carboxylic acids is 1. The average molecular weight is 721 g/mol. The van der Waals surface area contributed by atoms with Crippen LogP contribution in [0.2, 0.25) is 0 Å². The van der Waals surface area contributed by atoms with Gasteiger partial charge in [0.2, 0.25) is 23.6 Å². The smallest absolute Gasteiger partial charge is 0.330 e. The highest BCUT2D eigenvalue weighted by Crippen LogP contribution is 2.48. The van der Waals surface area contributed by atoms with Crippen LogP contribution in [-0.2, 0) is 24.0 Å². The van der Waals surface area contributed by atoms with E-state index < -0.39 is 70.3 Å². The number of nitrogens with zero attached hydrogens (tertiary/aromatic N) is 5. The van der Waals surface area contributed by atoms with Gasteiger partial charge in [-0.3, -0.25) is 33.9 Å². The van der Waals surface area contributed by atoms with Crippen LogP contribution in [0.5, 0.6) is 0 Å². The van der Waals surface area contributed by atoms with Gasteiger partial charge in [-0.1, -0.05) is 46.1 Å². The predicted molar refractivity (Wildman–Crippen MR) is 188 cm³/mol. The molecule has 1 aromatic rings. The number of nitrogens with one attached hydrogen (secondary N) is 3. The maximum Gasteiger partial charge on any atom is 0.330 e. The Balaban J connectivity index is 1.32. The SMILES string of the molecule is C=C[C@@H]1C[C@]1(NC(=O)C1CC2(CN1C(=O)[C@@H](NC(=O)[C@@H](NC(=O)c1cnccn1)C1CCCCC1)C(C)(C)C)N(CC)C(=O)[C@@H]1CCCN12)C(=O)O. The van der Waals surface area contributed by atoms with Crippen LogP contribution in [0.25, 0.3) is 0 Å². The zero-order chi connectivity index (χ0) is 37.6. The van der Waals surface area contributed by atoms with E-state index in [9.17, 15) is 29.1 Å². The number of aliphatic carboxylic acids is 1. The fourth-order valence-electron chi connectivity index (χ4n) is 9.11. The number of aromatic nitrogens is 2. The largest absolute Gasteiger partial charge is 0.479 e. The summed E-state index contributed by atoms with van der Waals surface area (Å²) in [5, 5.41) is 18.7. The van der Waals surface area contributed by atoms with E-state index in [0.717, 1.165) is 38.5 Å². The second-order valence-electron chi connectivity index (χ2n) is 16.2. The second-order valence-corrected chi connectivity index (χ2v) is 16.2. The quantitative estimate of drug-likeness (QED) is 0.243. The fraction of sp³-hybridized carbons (Fsp3) is 0.676. The Morgan fingerprint density at radius 3 is 2.38 bits per heavy atom. The first-order chi connectivity index (χ1) is 24.7. The van der Waals surface area contributed by atoms with Gasteiger partial charge in [-0.2, -0.15) is 0 Å². The van der Waals surface area contributed by atoms with Gasteiger partial charge in [0, 0.05) is 37.8 Å². The summed E-state index contributed by atoms with van der Waals surface area (Å²) in [6.07, 6.45) is 11.7. The molecule has 7 atom stereocenters. The van der Waals surface area contributed by atoms with E-state index in [0.29, 0.717) is 19.5 Å². The molecule has 5 fully saturated rings. The van der Waals surface area contributed by atoms with Crippen molar-refractivity contribution in [2.24, 2.45) is 17.3 Å². The van der Waals surface area contributed by atoms with Gasteiger partial charge in [0.15, 0.2) is 0 Å². The molecule has 5 aliphatic rings. The van der Waals surface area contributed by atoms with E-state index in [-0.39, 0.29) is 42.9 Å². The molecule has 1 spiro atoms. The minimum atomic E-state index is -1.53. The Hall–Kier alpha value is -4.40. The monoisotopic (exact) mass is 720 g/mol. The average Bonchev–Trinajstić information content (AvgIpc) is 3.38. The molecule has 1 aromatic heterocycles. The Morgan fingerprint density at radius 1 is 1.06 bits per heavy atom. The maximum atomic E-state index is 15.0. The molecule has 0 aromatic carbocycles. The number of amides is 5. The van der Waals surface area contributed by atoms with Crippen LogP contribution in [-0.4, -0.2) is 120 Å². The van der Waals surface area contributed by atoms with E-state index in [1.807, 2.05) is 27.7 Å². The number of rotatable bonds is 11. The molecule has 3 aliphatic heterocycles. The van der Waals surface area contributed by atoms with Gasteiger partial charge >= 0.3 is 5.97 Å². The topological polar surface area (TPSA) is 194 Å². The molecule has 282 valence electrons. The second kappa shape index (κ2) is 14.2. The summed E-state index contributed by atoms with van der Waals surface area (Å²) < 4.78 is 0. The summed E-state index contributed by atoms with van der Waals surface area (Å²) in [5.74, 6) is -4.07. The van der Waals surface area contributed by atoms with Crippen LogP contribution in [0.4, 0.5) is 0 Å². The number of hydrogen-bond donors (Lipinski definition) is 4. The Kier molecular flexibility index (Phi) is 10.2. The van der Waals surface area contributed by atoms with Crippen LogP contribution in [0.15, 0.2) is 31.2 Å². The first-order valence-corrected chi connectivity index (χ1v) is 18.6. The summed E-state index contributed by atoms with van der Waals surface area (Å²) >= 11 is 0. The number of likely N-dealkylation sites (N-methyl/N-ethyl adjacent to an activating group) is 1. The molecule has 4 N–H and O–H groups in total.